The van der Waals surface area contributed by atoms with Crippen molar-refractivity contribution in [2.45, 2.75) is 5.92 Å². The van der Waals surface area contributed by atoms with Crippen molar-refractivity contribution in [3.8, 4) is 0 Å². The topological polar surface area (TPSA) is 57.6 Å². The SMILES string of the molecule is O=C(O)C1CN(c2ccccc2)C(=O)C1(F)F. The van der Waals surface area contributed by atoms with Crippen molar-refractivity contribution in [3.63, 3.8) is 0 Å². The van der Waals surface area contributed by atoms with Crippen LogP contribution < -0.4 is 4.90 Å². The third-order valence-electron chi connectivity index (χ3n) is 2.70. The standard InChI is InChI=1S/C11H9F2NO3/c12-11(13)8(9(15)16)6-14(10(11)17)7-4-2-1-3-5-7/h1-5,8H,6H2,(H,15,16). The molecule has 4 nitrogen and oxygen atoms in total. The highest BCUT2D eigenvalue weighted by atomic mass is 19.3. The largest absolute Gasteiger partial charge is 0.481 e. The zero-order valence-corrected chi connectivity index (χ0v) is 8.64. The van der Waals surface area contributed by atoms with E-state index in [0.29, 0.717) is 0 Å². The molecular weight excluding hydrogens is 232 g/mol. The number of alkyl halides is 2. The molecule has 1 aliphatic heterocycles. The number of para-hydroxylation sites is 1. The normalized spacial score (nSPS) is 22.8. The molecule has 90 valence electrons. The van der Waals surface area contributed by atoms with Crippen LogP contribution in [0.1, 0.15) is 0 Å². The van der Waals surface area contributed by atoms with Gasteiger partial charge < -0.3 is 10.0 Å². The highest BCUT2D eigenvalue weighted by Crippen LogP contribution is 2.37. The molecule has 1 N–H and O–H groups in total. The van der Waals surface area contributed by atoms with Crippen LogP contribution in [0.25, 0.3) is 0 Å². The molecule has 0 aliphatic carbocycles. The van der Waals surface area contributed by atoms with E-state index in [1.165, 1.54) is 12.1 Å². The highest BCUT2D eigenvalue weighted by molar-refractivity contribution is 6.04. The van der Waals surface area contributed by atoms with Crippen LogP contribution in [0.3, 0.4) is 0 Å². The molecule has 2 rings (SSSR count). The molecule has 1 aliphatic rings. The summed E-state index contributed by atoms with van der Waals surface area (Å²) in [6.07, 6.45) is 0. The zero-order valence-electron chi connectivity index (χ0n) is 8.64. The maximum atomic E-state index is 13.4. The number of aliphatic carboxylic acids is 1. The second kappa shape index (κ2) is 3.80. The van der Waals surface area contributed by atoms with Gasteiger partial charge in [0.1, 0.15) is 5.92 Å². The summed E-state index contributed by atoms with van der Waals surface area (Å²) in [4.78, 5) is 22.9. The Morgan fingerprint density at radius 1 is 1.35 bits per heavy atom. The molecule has 0 bridgehead atoms. The Labute approximate surface area is 95.5 Å². The molecule has 1 fully saturated rings. The number of benzene rings is 1. The Balaban J connectivity index is 2.35. The van der Waals surface area contributed by atoms with Gasteiger partial charge in [-0.3, -0.25) is 9.59 Å². The van der Waals surface area contributed by atoms with Crippen molar-refractivity contribution < 1.29 is 23.5 Å². The fourth-order valence-corrected chi connectivity index (χ4v) is 1.77. The van der Waals surface area contributed by atoms with E-state index in [9.17, 15) is 18.4 Å². The van der Waals surface area contributed by atoms with Crippen molar-refractivity contribution in [1.82, 2.24) is 0 Å². The highest BCUT2D eigenvalue weighted by Gasteiger charge is 2.60. The molecule has 6 heteroatoms. The van der Waals surface area contributed by atoms with E-state index in [1.807, 2.05) is 0 Å². The molecule has 0 spiro atoms. The van der Waals surface area contributed by atoms with E-state index in [0.717, 1.165) is 4.90 Å². The van der Waals surface area contributed by atoms with Gasteiger partial charge in [0.15, 0.2) is 0 Å². The molecule has 0 saturated carbocycles. The van der Waals surface area contributed by atoms with Gasteiger partial charge in [-0.05, 0) is 12.1 Å². The molecule has 1 unspecified atom stereocenters. The van der Waals surface area contributed by atoms with Gasteiger partial charge in [-0.25, -0.2) is 0 Å². The van der Waals surface area contributed by atoms with E-state index in [1.54, 1.807) is 18.2 Å². The molecule has 1 aromatic carbocycles. The van der Waals surface area contributed by atoms with Crippen LogP contribution >= 0.6 is 0 Å². The molecule has 1 atom stereocenters. The van der Waals surface area contributed by atoms with E-state index in [4.69, 9.17) is 5.11 Å². The number of rotatable bonds is 2. The van der Waals surface area contributed by atoms with Gasteiger partial charge in [0.05, 0.1) is 0 Å². The van der Waals surface area contributed by atoms with Crippen molar-refractivity contribution in [2.75, 3.05) is 11.4 Å². The van der Waals surface area contributed by atoms with Gasteiger partial charge in [-0.15, -0.1) is 0 Å². The fourth-order valence-electron chi connectivity index (χ4n) is 1.77. The predicted molar refractivity (Wildman–Crippen MR) is 54.9 cm³/mol. The lowest BCUT2D eigenvalue weighted by molar-refractivity contribution is -0.159. The number of anilines is 1. The van der Waals surface area contributed by atoms with Gasteiger partial charge in [0, 0.05) is 12.2 Å². The summed E-state index contributed by atoms with van der Waals surface area (Å²) < 4.78 is 26.8. The van der Waals surface area contributed by atoms with Gasteiger partial charge in [0.2, 0.25) is 0 Å². The first-order valence-electron chi connectivity index (χ1n) is 4.92. The summed E-state index contributed by atoms with van der Waals surface area (Å²) in [5.74, 6) is -8.96. The molecular formula is C11H9F2NO3. The fraction of sp³-hybridized carbons (Fsp3) is 0.273. The van der Waals surface area contributed by atoms with Crippen molar-refractivity contribution in [1.29, 1.82) is 0 Å². The van der Waals surface area contributed by atoms with Crippen molar-refractivity contribution in [3.05, 3.63) is 30.3 Å². The van der Waals surface area contributed by atoms with E-state index < -0.39 is 30.3 Å². The number of halogens is 2. The minimum atomic E-state index is -3.85. The average Bonchev–Trinajstić information content (AvgIpc) is 2.52. The molecule has 1 saturated heterocycles. The van der Waals surface area contributed by atoms with Crippen LogP contribution in [-0.4, -0.2) is 29.5 Å². The molecule has 0 radical (unpaired) electrons. The van der Waals surface area contributed by atoms with E-state index >= 15 is 0 Å². The number of carbonyl (C=O) groups excluding carboxylic acids is 1. The molecule has 1 aromatic rings. The predicted octanol–water partition coefficient (Wildman–Crippen LogP) is 1.37. The summed E-state index contributed by atoms with van der Waals surface area (Å²) in [5.41, 5.74) is 0.279. The first-order valence-corrected chi connectivity index (χ1v) is 4.92. The number of hydrogen-bond donors (Lipinski definition) is 1. The smallest absolute Gasteiger partial charge is 0.340 e. The number of carboxylic acid groups (broad SMARTS) is 1. The maximum Gasteiger partial charge on any atom is 0.340 e. The van der Waals surface area contributed by atoms with Crippen LogP contribution in [0.5, 0.6) is 0 Å². The Hall–Kier alpha value is -1.98. The minimum Gasteiger partial charge on any atom is -0.481 e. The lowest BCUT2D eigenvalue weighted by atomic mass is 10.1. The third-order valence-corrected chi connectivity index (χ3v) is 2.70. The van der Waals surface area contributed by atoms with Crippen molar-refractivity contribution >= 4 is 17.6 Å². The van der Waals surface area contributed by atoms with Gasteiger partial charge in [-0.1, -0.05) is 18.2 Å². The number of nitrogens with zero attached hydrogens (tertiary/aromatic N) is 1. The second-order valence-corrected chi connectivity index (χ2v) is 3.77. The van der Waals surface area contributed by atoms with E-state index in [2.05, 4.69) is 0 Å². The number of carboxylic acids is 1. The Kier molecular flexibility index (Phi) is 2.57. The Morgan fingerprint density at radius 3 is 2.41 bits per heavy atom. The molecule has 1 amide bonds. The quantitative estimate of drug-likeness (QED) is 0.850. The second-order valence-electron chi connectivity index (χ2n) is 3.77. The lowest BCUT2D eigenvalue weighted by Gasteiger charge is -2.15. The maximum absolute atomic E-state index is 13.4. The lowest BCUT2D eigenvalue weighted by Crippen LogP contribution is -2.37. The van der Waals surface area contributed by atoms with Crippen LogP contribution in [0.4, 0.5) is 14.5 Å². The monoisotopic (exact) mass is 241 g/mol. The first-order chi connectivity index (χ1) is 7.94. The number of carbonyl (C=O) groups is 2. The summed E-state index contributed by atoms with van der Waals surface area (Å²) in [6, 6.07) is 7.83. The summed E-state index contributed by atoms with van der Waals surface area (Å²) in [6.45, 7) is -0.509. The summed E-state index contributed by atoms with van der Waals surface area (Å²) >= 11 is 0. The molecule has 1 heterocycles. The van der Waals surface area contributed by atoms with Crippen LogP contribution in [0.2, 0.25) is 0 Å². The van der Waals surface area contributed by atoms with Crippen molar-refractivity contribution in [2.24, 2.45) is 5.92 Å². The van der Waals surface area contributed by atoms with Crippen LogP contribution in [-0.2, 0) is 9.59 Å². The van der Waals surface area contributed by atoms with Crippen LogP contribution in [0, 0.1) is 5.92 Å². The molecule has 0 aromatic heterocycles. The van der Waals surface area contributed by atoms with E-state index in [-0.39, 0.29) is 5.69 Å². The third kappa shape index (κ3) is 1.75. The van der Waals surface area contributed by atoms with Gasteiger partial charge in [-0.2, -0.15) is 8.78 Å². The minimum absolute atomic E-state index is 0.279. The average molecular weight is 241 g/mol. The number of hydrogen-bond acceptors (Lipinski definition) is 2. The zero-order chi connectivity index (χ0) is 12.6. The summed E-state index contributed by atoms with van der Waals surface area (Å²) in [5, 5.41) is 8.67. The Bertz CT molecular complexity index is 461. The Morgan fingerprint density at radius 2 is 1.94 bits per heavy atom. The molecule has 17 heavy (non-hydrogen) atoms. The van der Waals surface area contributed by atoms with Gasteiger partial charge in [0.25, 0.3) is 5.91 Å². The van der Waals surface area contributed by atoms with Gasteiger partial charge >= 0.3 is 11.9 Å². The van der Waals surface area contributed by atoms with Crippen LogP contribution in [0.15, 0.2) is 30.3 Å². The summed E-state index contributed by atoms with van der Waals surface area (Å²) in [7, 11) is 0. The number of amides is 1. The first kappa shape index (κ1) is 11.5.